The molecule has 0 bridgehead atoms. The Bertz CT molecular complexity index is 1260. The first-order chi connectivity index (χ1) is 19.4. The van der Waals surface area contributed by atoms with E-state index in [1.807, 2.05) is 30.3 Å². The van der Waals surface area contributed by atoms with E-state index in [4.69, 9.17) is 14.0 Å². The van der Waals surface area contributed by atoms with Crippen molar-refractivity contribution in [2.24, 2.45) is 5.92 Å². The summed E-state index contributed by atoms with van der Waals surface area (Å²) in [6, 6.07) is 19.2. The minimum Gasteiger partial charge on any atom is -0.465 e. The Morgan fingerprint density at radius 3 is 2.52 bits per heavy atom. The van der Waals surface area contributed by atoms with Crippen LogP contribution in [0.3, 0.4) is 0 Å². The molecule has 3 aromatic rings. The summed E-state index contributed by atoms with van der Waals surface area (Å²) >= 11 is 0. The molecule has 0 saturated carbocycles. The van der Waals surface area contributed by atoms with Gasteiger partial charge in [-0.05, 0) is 36.2 Å². The molecule has 0 radical (unpaired) electrons. The van der Waals surface area contributed by atoms with Gasteiger partial charge in [0.25, 0.3) is 5.91 Å². The minimum absolute atomic E-state index is 0.0497. The summed E-state index contributed by atoms with van der Waals surface area (Å²) in [6.07, 6.45) is 3.90. The quantitative estimate of drug-likeness (QED) is 0.0895. The molecule has 10 heteroatoms. The molecule has 3 rings (SSSR count). The number of esters is 1. The first-order valence-corrected chi connectivity index (χ1v) is 13.2. The van der Waals surface area contributed by atoms with Crippen LogP contribution in [-0.4, -0.2) is 49.6 Å². The van der Waals surface area contributed by atoms with Crippen LogP contribution in [0.25, 0.3) is 11.3 Å². The third-order valence-corrected chi connectivity index (χ3v) is 6.19. The predicted molar refractivity (Wildman–Crippen MR) is 148 cm³/mol. The van der Waals surface area contributed by atoms with Gasteiger partial charge in [0, 0.05) is 5.56 Å². The second-order valence-electron chi connectivity index (χ2n) is 9.12. The fourth-order valence-electron chi connectivity index (χ4n) is 4.00. The summed E-state index contributed by atoms with van der Waals surface area (Å²) in [5.41, 5.74) is 1.87. The van der Waals surface area contributed by atoms with Crippen molar-refractivity contribution in [2.75, 3.05) is 20.3 Å². The Morgan fingerprint density at radius 1 is 1.00 bits per heavy atom. The zero-order valence-corrected chi connectivity index (χ0v) is 22.8. The largest absolute Gasteiger partial charge is 0.465 e. The van der Waals surface area contributed by atoms with E-state index in [1.54, 1.807) is 30.3 Å². The van der Waals surface area contributed by atoms with E-state index in [1.165, 1.54) is 13.2 Å². The fourth-order valence-corrected chi connectivity index (χ4v) is 4.00. The number of hydroxylamine groups is 2. The summed E-state index contributed by atoms with van der Waals surface area (Å²) in [6.45, 7) is 2.24. The van der Waals surface area contributed by atoms with E-state index in [0.29, 0.717) is 29.7 Å². The van der Waals surface area contributed by atoms with Crippen molar-refractivity contribution in [1.29, 1.82) is 0 Å². The van der Waals surface area contributed by atoms with Crippen molar-refractivity contribution >= 4 is 24.2 Å². The molecule has 0 fully saturated rings. The number of amides is 3. The van der Waals surface area contributed by atoms with E-state index in [2.05, 4.69) is 17.6 Å². The number of carbonyl (C=O) groups is 4. The Kier molecular flexibility index (Phi) is 11.9. The SMILES string of the molecule is CCCCCC(CN(C=O)OCc1ccccc1)C(=O)NCNC(=O)c1ccc(-c2cccc(C(=O)OC)c2)o1. The van der Waals surface area contributed by atoms with Crippen molar-refractivity contribution in [2.45, 2.75) is 39.2 Å². The van der Waals surface area contributed by atoms with Crippen LogP contribution >= 0.6 is 0 Å². The summed E-state index contributed by atoms with van der Waals surface area (Å²) in [5, 5.41) is 6.47. The number of unbranched alkanes of at least 4 members (excludes halogenated alkanes) is 2. The van der Waals surface area contributed by atoms with Crippen molar-refractivity contribution in [3.8, 4) is 11.3 Å². The molecule has 1 unspecified atom stereocenters. The zero-order chi connectivity index (χ0) is 28.7. The molecular formula is C30H35N3O7. The number of carbonyl (C=O) groups excluding carboxylic acids is 4. The maximum absolute atomic E-state index is 13.0. The molecule has 40 heavy (non-hydrogen) atoms. The van der Waals surface area contributed by atoms with Gasteiger partial charge in [-0.1, -0.05) is 68.7 Å². The van der Waals surface area contributed by atoms with E-state index in [0.717, 1.165) is 29.9 Å². The van der Waals surface area contributed by atoms with Gasteiger partial charge < -0.3 is 19.8 Å². The number of furan rings is 1. The average Bonchev–Trinajstić information content (AvgIpc) is 3.49. The lowest BCUT2D eigenvalue weighted by Crippen LogP contribution is -2.43. The van der Waals surface area contributed by atoms with Gasteiger partial charge in [0.05, 0.1) is 31.8 Å². The Hall–Kier alpha value is -4.44. The molecule has 212 valence electrons. The van der Waals surface area contributed by atoms with Crippen LogP contribution < -0.4 is 10.6 Å². The third kappa shape index (κ3) is 9.09. The van der Waals surface area contributed by atoms with Crippen LogP contribution in [0.15, 0.2) is 71.1 Å². The highest BCUT2D eigenvalue weighted by molar-refractivity contribution is 5.93. The fraction of sp³-hybridized carbons (Fsp3) is 0.333. The number of hydrogen-bond acceptors (Lipinski definition) is 7. The molecule has 0 aliphatic carbocycles. The maximum atomic E-state index is 13.0. The van der Waals surface area contributed by atoms with Crippen LogP contribution in [0.2, 0.25) is 0 Å². The third-order valence-electron chi connectivity index (χ3n) is 6.19. The Balaban J connectivity index is 1.54. The van der Waals surface area contributed by atoms with Gasteiger partial charge in [0.1, 0.15) is 12.4 Å². The van der Waals surface area contributed by atoms with Crippen LogP contribution in [0, 0.1) is 5.92 Å². The Morgan fingerprint density at radius 2 is 1.80 bits per heavy atom. The number of hydrogen-bond donors (Lipinski definition) is 2. The molecule has 2 N–H and O–H groups in total. The number of methoxy groups -OCH3 is 1. The number of nitrogens with zero attached hydrogens (tertiary/aromatic N) is 1. The molecule has 2 aromatic carbocycles. The summed E-state index contributed by atoms with van der Waals surface area (Å²) in [4.78, 5) is 54.6. The monoisotopic (exact) mass is 549 g/mol. The molecular weight excluding hydrogens is 514 g/mol. The molecule has 0 saturated heterocycles. The molecule has 0 spiro atoms. The second kappa shape index (κ2) is 15.8. The lowest BCUT2D eigenvalue weighted by Gasteiger charge is -2.23. The second-order valence-corrected chi connectivity index (χ2v) is 9.12. The molecule has 10 nitrogen and oxygen atoms in total. The standard InChI is InChI=1S/C30H35N3O7/c1-3-4-6-12-25(18-33(21-34)39-19-22-10-7-5-8-11-22)28(35)31-20-32-29(36)27-16-15-26(40-27)23-13-9-14-24(17-23)30(37)38-2/h5,7-11,13-17,21,25H,3-4,6,12,18-20H2,1-2H3,(H,31,35)(H,32,36). The minimum atomic E-state index is -0.515. The highest BCUT2D eigenvalue weighted by Gasteiger charge is 2.22. The van der Waals surface area contributed by atoms with Crippen molar-refractivity contribution in [1.82, 2.24) is 15.7 Å². The topological polar surface area (TPSA) is 127 Å². The maximum Gasteiger partial charge on any atom is 0.337 e. The van der Waals surface area contributed by atoms with Gasteiger partial charge in [0.2, 0.25) is 12.3 Å². The zero-order valence-electron chi connectivity index (χ0n) is 22.8. The van der Waals surface area contributed by atoms with E-state index < -0.39 is 17.8 Å². The lowest BCUT2D eigenvalue weighted by atomic mass is 10.0. The average molecular weight is 550 g/mol. The summed E-state index contributed by atoms with van der Waals surface area (Å²) in [5.74, 6) is -1.35. The molecule has 1 heterocycles. The van der Waals surface area contributed by atoms with Crippen LogP contribution in [0.5, 0.6) is 0 Å². The molecule has 3 amide bonds. The number of ether oxygens (including phenoxy) is 1. The van der Waals surface area contributed by atoms with E-state index in [9.17, 15) is 19.2 Å². The first-order valence-electron chi connectivity index (χ1n) is 13.2. The van der Waals surface area contributed by atoms with Crippen molar-refractivity contribution < 1.29 is 33.2 Å². The molecule has 1 aromatic heterocycles. The predicted octanol–water partition coefficient (Wildman–Crippen LogP) is 4.32. The van der Waals surface area contributed by atoms with Gasteiger partial charge in [0.15, 0.2) is 5.76 Å². The van der Waals surface area contributed by atoms with E-state index in [-0.39, 0.29) is 31.5 Å². The number of nitrogens with one attached hydrogen (secondary N) is 2. The molecule has 0 aliphatic rings. The van der Waals surface area contributed by atoms with Gasteiger partial charge in [-0.25, -0.2) is 9.86 Å². The van der Waals surface area contributed by atoms with Crippen LogP contribution in [0.4, 0.5) is 0 Å². The van der Waals surface area contributed by atoms with Crippen molar-refractivity contribution in [3.63, 3.8) is 0 Å². The van der Waals surface area contributed by atoms with Crippen LogP contribution in [-0.2, 0) is 25.8 Å². The van der Waals surface area contributed by atoms with Gasteiger partial charge in [-0.2, -0.15) is 0 Å². The highest BCUT2D eigenvalue weighted by Crippen LogP contribution is 2.23. The highest BCUT2D eigenvalue weighted by atomic mass is 16.7. The van der Waals surface area contributed by atoms with Gasteiger partial charge in [-0.3, -0.25) is 19.2 Å². The summed E-state index contributed by atoms with van der Waals surface area (Å²) < 4.78 is 10.4. The molecule has 0 aliphatic heterocycles. The smallest absolute Gasteiger partial charge is 0.337 e. The van der Waals surface area contributed by atoms with Gasteiger partial charge in [-0.15, -0.1) is 0 Å². The first kappa shape index (κ1) is 30.1. The number of benzene rings is 2. The van der Waals surface area contributed by atoms with Crippen LogP contribution in [0.1, 0.15) is 59.1 Å². The van der Waals surface area contributed by atoms with E-state index >= 15 is 0 Å². The normalized spacial score (nSPS) is 11.3. The lowest BCUT2D eigenvalue weighted by molar-refractivity contribution is -0.182. The van der Waals surface area contributed by atoms with Gasteiger partial charge >= 0.3 is 5.97 Å². The molecule has 1 atom stereocenters. The van der Waals surface area contributed by atoms with Crippen molar-refractivity contribution in [3.05, 3.63) is 83.6 Å². The number of rotatable bonds is 16. The Labute approximate surface area is 233 Å². The summed E-state index contributed by atoms with van der Waals surface area (Å²) in [7, 11) is 1.30.